The van der Waals surface area contributed by atoms with Crippen LogP contribution in [0.25, 0.3) is 0 Å². The zero-order valence-corrected chi connectivity index (χ0v) is 10.6. The van der Waals surface area contributed by atoms with Gasteiger partial charge in [0, 0.05) is 25.4 Å². The van der Waals surface area contributed by atoms with Crippen LogP contribution in [0, 0.1) is 0 Å². The van der Waals surface area contributed by atoms with Gasteiger partial charge >= 0.3 is 5.51 Å². The van der Waals surface area contributed by atoms with Gasteiger partial charge in [0.2, 0.25) is 0 Å². The summed E-state index contributed by atoms with van der Waals surface area (Å²) in [5.74, 6) is 4.52. The summed E-state index contributed by atoms with van der Waals surface area (Å²) in [4.78, 5) is 0. The molecule has 2 bridgehead atoms. The summed E-state index contributed by atoms with van der Waals surface area (Å²) < 4.78 is 58.9. The molecule has 3 aliphatic rings. The molecule has 0 atom stereocenters. The van der Waals surface area contributed by atoms with Crippen molar-refractivity contribution in [3.8, 4) is 0 Å². The van der Waals surface area contributed by atoms with Crippen molar-refractivity contribution in [3.05, 3.63) is 0 Å². The molecule has 9 heteroatoms. The fourth-order valence-corrected chi connectivity index (χ4v) is 3.93. The van der Waals surface area contributed by atoms with Crippen molar-refractivity contribution >= 4 is 21.0 Å². The number of halogens is 3. The first-order valence-corrected chi connectivity index (χ1v) is 8.24. The van der Waals surface area contributed by atoms with Gasteiger partial charge in [-0.15, -0.1) is 0 Å². The van der Waals surface area contributed by atoms with Crippen LogP contribution >= 0.6 is 0 Å². The summed E-state index contributed by atoms with van der Waals surface area (Å²) in [5, 5.41) is 3.58. The van der Waals surface area contributed by atoms with E-state index < -0.39 is 15.6 Å². The standard InChI is InChI=1S/C7H14NS.CHF3O3S/c1-4-9-5-2-7(1)8-3-6-9;2-1(3,4)8(5,6)7/h7-8H,1-6H2;(H,5,6,7)/q+1;/p-1. The lowest BCUT2D eigenvalue weighted by atomic mass is 10.2. The molecule has 0 spiro atoms. The Morgan fingerprint density at radius 3 is 2.06 bits per heavy atom. The predicted molar refractivity (Wildman–Crippen MR) is 58.7 cm³/mol. The maximum atomic E-state index is 10.7. The highest BCUT2D eigenvalue weighted by Crippen LogP contribution is 2.20. The summed E-state index contributed by atoms with van der Waals surface area (Å²) >= 11 is 0. The topological polar surface area (TPSA) is 69.2 Å². The molecule has 17 heavy (non-hydrogen) atoms. The van der Waals surface area contributed by atoms with Gasteiger partial charge in [-0.2, -0.15) is 13.2 Å². The number of nitrogens with one attached hydrogen (secondary N) is 1. The highest BCUT2D eigenvalue weighted by molar-refractivity contribution is 7.96. The van der Waals surface area contributed by atoms with E-state index in [-0.39, 0.29) is 0 Å². The summed E-state index contributed by atoms with van der Waals surface area (Å²) in [7, 11) is -5.26. The van der Waals surface area contributed by atoms with Gasteiger partial charge in [-0.3, -0.25) is 0 Å². The Hall–Kier alpha value is 0.01000. The van der Waals surface area contributed by atoms with E-state index in [4.69, 9.17) is 13.0 Å². The third-order valence-corrected chi connectivity index (χ3v) is 5.59. The smallest absolute Gasteiger partial charge is 0.485 e. The normalized spacial score (nSPS) is 29.2. The molecule has 0 aromatic carbocycles. The number of fused-ring (bicyclic) bond motifs is 4. The van der Waals surface area contributed by atoms with Gasteiger partial charge in [0.25, 0.3) is 0 Å². The van der Waals surface area contributed by atoms with Crippen LogP contribution in [0.5, 0.6) is 0 Å². The Labute approximate surface area is 101 Å². The zero-order valence-electron chi connectivity index (χ0n) is 9.00. The van der Waals surface area contributed by atoms with Crippen molar-refractivity contribution in [2.24, 2.45) is 0 Å². The molecule has 102 valence electrons. The molecule has 1 N–H and O–H groups in total. The maximum Gasteiger partial charge on any atom is 0.485 e. The van der Waals surface area contributed by atoms with Crippen molar-refractivity contribution in [1.29, 1.82) is 0 Å². The predicted octanol–water partition coefficient (Wildman–Crippen LogP) is 0.422. The minimum Gasteiger partial charge on any atom is -0.741 e. The van der Waals surface area contributed by atoms with Gasteiger partial charge in [-0.1, -0.05) is 0 Å². The molecule has 0 amide bonds. The maximum absolute atomic E-state index is 10.7. The molecular formula is C8H14F3NO3S2. The first-order chi connectivity index (χ1) is 7.70. The minimum atomic E-state index is -6.09. The molecule has 3 saturated heterocycles. The Bertz CT molecular complexity index is 319. The van der Waals surface area contributed by atoms with E-state index in [1.807, 2.05) is 0 Å². The lowest BCUT2D eigenvalue weighted by Crippen LogP contribution is -2.31. The average molecular weight is 293 g/mol. The lowest BCUT2D eigenvalue weighted by molar-refractivity contribution is -0.0517. The van der Waals surface area contributed by atoms with E-state index in [9.17, 15) is 13.2 Å². The van der Waals surface area contributed by atoms with Crippen molar-refractivity contribution in [1.82, 2.24) is 5.32 Å². The molecule has 3 heterocycles. The van der Waals surface area contributed by atoms with Crippen LogP contribution in [0.2, 0.25) is 0 Å². The molecule has 3 fully saturated rings. The number of alkyl halides is 3. The van der Waals surface area contributed by atoms with Crippen molar-refractivity contribution in [2.45, 2.75) is 24.4 Å². The van der Waals surface area contributed by atoms with Crippen LogP contribution in [0.15, 0.2) is 0 Å². The van der Waals surface area contributed by atoms with E-state index in [1.54, 1.807) is 0 Å². The van der Waals surface area contributed by atoms with Crippen LogP contribution in [0.4, 0.5) is 13.2 Å². The highest BCUT2D eigenvalue weighted by Gasteiger charge is 2.36. The Morgan fingerprint density at radius 1 is 1.18 bits per heavy atom. The van der Waals surface area contributed by atoms with E-state index in [1.165, 1.54) is 36.6 Å². The van der Waals surface area contributed by atoms with Crippen molar-refractivity contribution in [3.63, 3.8) is 0 Å². The molecule has 0 radical (unpaired) electrons. The van der Waals surface area contributed by atoms with Crippen LogP contribution in [0.3, 0.4) is 0 Å². The van der Waals surface area contributed by atoms with Crippen LogP contribution < -0.4 is 5.32 Å². The van der Waals surface area contributed by atoms with Gasteiger partial charge in [0.05, 0.1) is 0 Å². The average Bonchev–Trinajstić information content (AvgIpc) is 2.51. The molecule has 0 saturated carbocycles. The largest absolute Gasteiger partial charge is 0.741 e. The third kappa shape index (κ3) is 5.02. The summed E-state index contributed by atoms with van der Waals surface area (Å²) in [5.41, 5.74) is -5.65. The number of hydrogen-bond donors (Lipinski definition) is 1. The van der Waals surface area contributed by atoms with E-state index >= 15 is 0 Å². The van der Waals surface area contributed by atoms with Crippen molar-refractivity contribution < 1.29 is 26.1 Å². The van der Waals surface area contributed by atoms with Crippen LogP contribution in [-0.4, -0.2) is 48.3 Å². The lowest BCUT2D eigenvalue weighted by Gasteiger charge is -2.16. The zero-order chi connectivity index (χ0) is 13.1. The second kappa shape index (κ2) is 5.77. The Balaban J connectivity index is 0.000000172. The first kappa shape index (κ1) is 15.1. The van der Waals surface area contributed by atoms with Crippen LogP contribution in [0.1, 0.15) is 12.8 Å². The summed E-state index contributed by atoms with van der Waals surface area (Å²) in [6.07, 6.45) is 2.92. The van der Waals surface area contributed by atoms with E-state index in [2.05, 4.69) is 5.32 Å². The van der Waals surface area contributed by atoms with Gasteiger partial charge in [-0.05, 0) is 10.9 Å². The number of rotatable bonds is 0. The van der Waals surface area contributed by atoms with Gasteiger partial charge in [0.15, 0.2) is 10.1 Å². The molecule has 0 unspecified atom stereocenters. The van der Waals surface area contributed by atoms with E-state index in [0.717, 1.165) is 16.9 Å². The fourth-order valence-electron chi connectivity index (χ4n) is 1.68. The molecule has 0 aliphatic carbocycles. The molecule has 4 nitrogen and oxygen atoms in total. The molecule has 3 rings (SSSR count). The summed E-state index contributed by atoms with van der Waals surface area (Å²) in [6, 6.07) is 0.899. The second-order valence-corrected chi connectivity index (χ2v) is 7.67. The molecule has 0 aromatic rings. The third-order valence-electron chi connectivity index (χ3n) is 2.62. The minimum absolute atomic E-state index is 0.834. The molecule has 3 aliphatic heterocycles. The van der Waals surface area contributed by atoms with Crippen LogP contribution in [-0.2, 0) is 21.0 Å². The van der Waals surface area contributed by atoms with Gasteiger partial charge in [-0.25, -0.2) is 8.42 Å². The number of hydrogen-bond acceptors (Lipinski definition) is 4. The monoisotopic (exact) mass is 293 g/mol. The fraction of sp³-hybridized carbons (Fsp3) is 1.00. The first-order valence-electron chi connectivity index (χ1n) is 5.10. The SMILES string of the molecule is C1C[S+]2CCC(CC2)N1.O=S(=O)([O-])C(F)(F)F. The quantitative estimate of drug-likeness (QED) is 0.399. The van der Waals surface area contributed by atoms with E-state index in [0.29, 0.717) is 0 Å². The Kier molecular flexibility index (Phi) is 5.11. The molecular weight excluding hydrogens is 279 g/mol. The molecule has 0 aromatic heterocycles. The summed E-state index contributed by atoms with van der Waals surface area (Å²) in [6.45, 7) is 1.30. The van der Waals surface area contributed by atoms with Crippen molar-refractivity contribution in [2.75, 3.05) is 23.8 Å². The Morgan fingerprint density at radius 2 is 1.65 bits per heavy atom. The van der Waals surface area contributed by atoms with Gasteiger partial charge < -0.3 is 9.87 Å². The highest BCUT2D eigenvalue weighted by atomic mass is 32.2. The second-order valence-electron chi connectivity index (χ2n) is 3.85. The van der Waals surface area contributed by atoms with Gasteiger partial charge in [0.1, 0.15) is 17.3 Å².